The molecular formula is C15H29N3O3S. The zero-order valence-corrected chi connectivity index (χ0v) is 14.4. The first-order valence-electron chi connectivity index (χ1n) is 8.61. The van der Waals surface area contributed by atoms with Crippen molar-refractivity contribution in [3.63, 3.8) is 0 Å². The average Bonchev–Trinajstić information content (AvgIpc) is 3.16. The highest BCUT2D eigenvalue weighted by Crippen LogP contribution is 2.26. The Kier molecular flexibility index (Phi) is 5.39. The number of nitrogens with zero attached hydrogens (tertiary/aromatic N) is 3. The van der Waals surface area contributed by atoms with Crippen LogP contribution in [-0.4, -0.2) is 92.8 Å². The molecule has 0 aromatic rings. The maximum Gasteiger partial charge on any atom is 0.215 e. The fourth-order valence-corrected chi connectivity index (χ4v) is 5.81. The normalized spacial score (nSPS) is 32.8. The molecule has 0 unspecified atom stereocenters. The molecule has 0 bridgehead atoms. The molecule has 0 aromatic heterocycles. The van der Waals surface area contributed by atoms with Crippen LogP contribution in [0.2, 0.25) is 0 Å². The van der Waals surface area contributed by atoms with Crippen LogP contribution in [-0.2, 0) is 14.8 Å². The predicted octanol–water partition coefficient (Wildman–Crippen LogP) is 0.207. The van der Waals surface area contributed by atoms with Crippen LogP contribution in [0.3, 0.4) is 0 Å². The molecule has 0 saturated carbocycles. The number of sulfonamides is 1. The standard InChI is InChI=1S/C15H29N3O3S/c1-14-15(17-8-11-21-12-9-17)4-7-18(14)22(19,20)13-10-16-5-2-3-6-16/h14-15H,2-13H2,1H3/t14-,15-/m1/s1. The Hall–Kier alpha value is -0.210. The summed E-state index contributed by atoms with van der Waals surface area (Å²) in [4.78, 5) is 4.68. The molecule has 3 aliphatic heterocycles. The molecule has 0 amide bonds. The van der Waals surface area contributed by atoms with Gasteiger partial charge in [0.15, 0.2) is 0 Å². The molecule has 0 radical (unpaired) electrons. The molecule has 2 atom stereocenters. The summed E-state index contributed by atoms with van der Waals surface area (Å²) in [6.07, 6.45) is 3.36. The molecule has 3 aliphatic rings. The summed E-state index contributed by atoms with van der Waals surface area (Å²) in [5.41, 5.74) is 0. The monoisotopic (exact) mass is 331 g/mol. The summed E-state index contributed by atoms with van der Waals surface area (Å²) in [6.45, 7) is 8.94. The van der Waals surface area contributed by atoms with Crippen LogP contribution in [0.4, 0.5) is 0 Å². The third kappa shape index (κ3) is 3.64. The molecule has 6 nitrogen and oxygen atoms in total. The molecule has 3 rings (SSSR count). The minimum atomic E-state index is -3.13. The second kappa shape index (κ2) is 7.13. The van der Waals surface area contributed by atoms with E-state index < -0.39 is 10.0 Å². The van der Waals surface area contributed by atoms with Gasteiger partial charge < -0.3 is 9.64 Å². The molecule has 0 N–H and O–H groups in total. The van der Waals surface area contributed by atoms with E-state index in [1.807, 2.05) is 0 Å². The number of morpholine rings is 1. The Morgan fingerprint density at radius 3 is 2.41 bits per heavy atom. The minimum absolute atomic E-state index is 0.0849. The first kappa shape index (κ1) is 16.6. The zero-order valence-electron chi connectivity index (χ0n) is 13.6. The Morgan fingerprint density at radius 2 is 1.73 bits per heavy atom. The number of hydrogen-bond donors (Lipinski definition) is 0. The van der Waals surface area contributed by atoms with Gasteiger partial charge in [-0.2, -0.15) is 4.31 Å². The zero-order chi connectivity index (χ0) is 15.6. The molecule has 0 aromatic carbocycles. The van der Waals surface area contributed by atoms with E-state index in [2.05, 4.69) is 16.7 Å². The summed E-state index contributed by atoms with van der Waals surface area (Å²) in [5.74, 6) is 0.271. The van der Waals surface area contributed by atoms with E-state index in [0.717, 1.165) is 45.8 Å². The van der Waals surface area contributed by atoms with Gasteiger partial charge in [0.05, 0.1) is 19.0 Å². The van der Waals surface area contributed by atoms with Gasteiger partial charge in [-0.3, -0.25) is 4.90 Å². The summed E-state index contributed by atoms with van der Waals surface area (Å²) < 4.78 is 32.5. The molecule has 128 valence electrons. The van der Waals surface area contributed by atoms with E-state index in [9.17, 15) is 8.42 Å². The maximum absolute atomic E-state index is 12.7. The van der Waals surface area contributed by atoms with Crippen molar-refractivity contribution >= 4 is 10.0 Å². The van der Waals surface area contributed by atoms with E-state index in [4.69, 9.17) is 4.74 Å². The molecule has 0 aliphatic carbocycles. The topological polar surface area (TPSA) is 53.1 Å². The van der Waals surface area contributed by atoms with E-state index in [1.54, 1.807) is 4.31 Å². The lowest BCUT2D eigenvalue weighted by Gasteiger charge is -2.35. The van der Waals surface area contributed by atoms with Crippen molar-refractivity contribution in [2.45, 2.75) is 38.3 Å². The summed E-state index contributed by atoms with van der Waals surface area (Å²) >= 11 is 0. The lowest BCUT2D eigenvalue weighted by molar-refractivity contribution is 0.0131. The molecule has 22 heavy (non-hydrogen) atoms. The van der Waals surface area contributed by atoms with Crippen LogP contribution >= 0.6 is 0 Å². The predicted molar refractivity (Wildman–Crippen MR) is 86.4 cm³/mol. The molecule has 7 heteroatoms. The van der Waals surface area contributed by atoms with Gasteiger partial charge in [-0.1, -0.05) is 0 Å². The maximum atomic E-state index is 12.7. The van der Waals surface area contributed by atoms with Gasteiger partial charge in [0.1, 0.15) is 0 Å². The van der Waals surface area contributed by atoms with Gasteiger partial charge in [0.25, 0.3) is 0 Å². The summed E-state index contributed by atoms with van der Waals surface area (Å²) in [5, 5.41) is 0. The minimum Gasteiger partial charge on any atom is -0.379 e. The van der Waals surface area contributed by atoms with Crippen molar-refractivity contribution in [1.29, 1.82) is 0 Å². The van der Waals surface area contributed by atoms with Crippen LogP contribution < -0.4 is 0 Å². The first-order valence-corrected chi connectivity index (χ1v) is 10.2. The number of rotatable bonds is 5. The lowest BCUT2D eigenvalue weighted by Crippen LogP contribution is -2.50. The largest absolute Gasteiger partial charge is 0.379 e. The Bertz CT molecular complexity index is 459. The number of ether oxygens (including phenoxy) is 1. The van der Waals surface area contributed by atoms with Gasteiger partial charge in [-0.25, -0.2) is 8.42 Å². The fourth-order valence-electron chi connectivity index (χ4n) is 4.05. The van der Waals surface area contributed by atoms with Gasteiger partial charge in [0, 0.05) is 38.3 Å². The number of hydrogen-bond acceptors (Lipinski definition) is 5. The Morgan fingerprint density at radius 1 is 1.05 bits per heavy atom. The summed E-state index contributed by atoms with van der Waals surface area (Å²) in [7, 11) is -3.13. The van der Waals surface area contributed by atoms with Crippen LogP contribution in [0, 0.1) is 0 Å². The molecule has 0 spiro atoms. The molecule has 3 saturated heterocycles. The quantitative estimate of drug-likeness (QED) is 0.721. The van der Waals surface area contributed by atoms with Crippen molar-refractivity contribution in [3.05, 3.63) is 0 Å². The lowest BCUT2D eigenvalue weighted by atomic mass is 10.1. The van der Waals surface area contributed by atoms with E-state index in [0.29, 0.717) is 19.1 Å². The van der Waals surface area contributed by atoms with Crippen molar-refractivity contribution in [1.82, 2.24) is 14.1 Å². The molecular weight excluding hydrogens is 302 g/mol. The molecule has 3 heterocycles. The average molecular weight is 331 g/mol. The fraction of sp³-hybridized carbons (Fsp3) is 1.00. The van der Waals surface area contributed by atoms with Gasteiger partial charge in [-0.15, -0.1) is 0 Å². The van der Waals surface area contributed by atoms with Crippen molar-refractivity contribution in [3.8, 4) is 0 Å². The third-order valence-corrected chi connectivity index (χ3v) is 7.32. The van der Waals surface area contributed by atoms with Crippen LogP contribution in [0.1, 0.15) is 26.2 Å². The smallest absolute Gasteiger partial charge is 0.215 e. The number of likely N-dealkylation sites (tertiary alicyclic amines) is 1. The van der Waals surface area contributed by atoms with Crippen LogP contribution in [0.15, 0.2) is 0 Å². The second-order valence-corrected chi connectivity index (χ2v) is 8.76. The van der Waals surface area contributed by atoms with E-state index in [-0.39, 0.29) is 11.8 Å². The van der Waals surface area contributed by atoms with Gasteiger partial charge in [0.2, 0.25) is 10.0 Å². The van der Waals surface area contributed by atoms with Crippen LogP contribution in [0.25, 0.3) is 0 Å². The Labute approximate surface area is 134 Å². The molecule has 3 fully saturated rings. The third-order valence-electron chi connectivity index (χ3n) is 5.39. The van der Waals surface area contributed by atoms with Crippen molar-refractivity contribution in [2.24, 2.45) is 0 Å². The summed E-state index contributed by atoms with van der Waals surface area (Å²) in [6, 6.07) is 0.437. The van der Waals surface area contributed by atoms with Crippen molar-refractivity contribution < 1.29 is 13.2 Å². The SMILES string of the molecule is C[C@@H]1[C@H](N2CCOCC2)CCN1S(=O)(=O)CCN1CCCC1. The van der Waals surface area contributed by atoms with Crippen LogP contribution in [0.5, 0.6) is 0 Å². The Balaban J connectivity index is 1.56. The highest BCUT2D eigenvalue weighted by molar-refractivity contribution is 7.89. The highest BCUT2D eigenvalue weighted by Gasteiger charge is 2.40. The first-order chi connectivity index (χ1) is 10.6. The van der Waals surface area contributed by atoms with Gasteiger partial charge in [-0.05, 0) is 39.3 Å². The van der Waals surface area contributed by atoms with Gasteiger partial charge >= 0.3 is 0 Å². The van der Waals surface area contributed by atoms with Crippen molar-refractivity contribution in [2.75, 3.05) is 58.2 Å². The van der Waals surface area contributed by atoms with E-state index >= 15 is 0 Å². The van der Waals surface area contributed by atoms with E-state index in [1.165, 1.54) is 12.8 Å². The second-order valence-electron chi connectivity index (χ2n) is 6.72. The highest BCUT2D eigenvalue weighted by atomic mass is 32.2.